The molecule has 4 rings (SSSR count). The zero-order valence-electron chi connectivity index (χ0n) is 15.6. The fraction of sp³-hybridized carbons (Fsp3) is 0.0870. The van der Waals surface area contributed by atoms with Crippen molar-refractivity contribution in [1.82, 2.24) is 9.55 Å². The molecule has 0 aliphatic carbocycles. The van der Waals surface area contributed by atoms with Crippen LogP contribution in [0.5, 0.6) is 5.75 Å². The van der Waals surface area contributed by atoms with Gasteiger partial charge in [0.15, 0.2) is 0 Å². The topological polar surface area (TPSA) is 79.9 Å². The Labute approximate surface area is 168 Å². The largest absolute Gasteiger partial charge is 0.486 e. The Morgan fingerprint density at radius 1 is 1.00 bits per heavy atom. The lowest BCUT2D eigenvalue weighted by atomic mass is 10.2. The fourth-order valence-corrected chi connectivity index (χ4v) is 3.05. The van der Waals surface area contributed by atoms with E-state index in [1.807, 2.05) is 59.2 Å². The van der Waals surface area contributed by atoms with Gasteiger partial charge < -0.3 is 14.6 Å². The van der Waals surface area contributed by atoms with Gasteiger partial charge in [-0.3, -0.25) is 4.79 Å². The number of imidazole rings is 1. The van der Waals surface area contributed by atoms with Crippen molar-refractivity contribution in [2.24, 2.45) is 0 Å². The number of benzene rings is 3. The number of hydrogen-bond donors (Lipinski definition) is 1. The Balaban J connectivity index is 1.54. The first-order chi connectivity index (χ1) is 14.2. The third-order valence-electron chi connectivity index (χ3n) is 4.44. The lowest BCUT2D eigenvalue weighted by molar-refractivity contribution is -0.116. The quantitative estimate of drug-likeness (QED) is 0.544. The van der Waals surface area contributed by atoms with Crippen LogP contribution >= 0.6 is 0 Å². The summed E-state index contributed by atoms with van der Waals surface area (Å²) in [6.07, 6.45) is 0. The maximum Gasteiger partial charge on any atom is 0.244 e. The summed E-state index contributed by atoms with van der Waals surface area (Å²) in [5, 5.41) is 11.7. The SMILES string of the molecule is N#Cc1ccc(NC(=O)Cn2c(COc3ccccc3)nc3ccccc32)cc1. The van der Waals surface area contributed by atoms with E-state index in [2.05, 4.69) is 16.4 Å². The zero-order chi connectivity index (χ0) is 20.1. The molecule has 0 atom stereocenters. The van der Waals surface area contributed by atoms with Gasteiger partial charge in [0.1, 0.15) is 24.7 Å². The van der Waals surface area contributed by atoms with Gasteiger partial charge in [-0.1, -0.05) is 30.3 Å². The first-order valence-electron chi connectivity index (χ1n) is 9.15. The van der Waals surface area contributed by atoms with Crippen LogP contribution in [-0.2, 0) is 17.9 Å². The van der Waals surface area contributed by atoms with Gasteiger partial charge in [-0.05, 0) is 48.5 Å². The van der Waals surface area contributed by atoms with Crippen molar-refractivity contribution in [2.75, 3.05) is 5.32 Å². The van der Waals surface area contributed by atoms with Crippen molar-refractivity contribution < 1.29 is 9.53 Å². The molecule has 0 bridgehead atoms. The average Bonchev–Trinajstić information content (AvgIpc) is 3.11. The van der Waals surface area contributed by atoms with Crippen LogP contribution in [0, 0.1) is 11.3 Å². The number of fused-ring (bicyclic) bond motifs is 1. The number of hydrogen-bond acceptors (Lipinski definition) is 4. The molecule has 142 valence electrons. The van der Waals surface area contributed by atoms with E-state index >= 15 is 0 Å². The van der Waals surface area contributed by atoms with Gasteiger partial charge in [0.25, 0.3) is 0 Å². The molecule has 1 heterocycles. The van der Waals surface area contributed by atoms with Crippen LogP contribution < -0.4 is 10.1 Å². The van der Waals surface area contributed by atoms with Crippen molar-refractivity contribution in [1.29, 1.82) is 5.26 Å². The number of carbonyl (C=O) groups excluding carboxylic acids is 1. The molecule has 6 heteroatoms. The second-order valence-electron chi connectivity index (χ2n) is 6.44. The summed E-state index contributed by atoms with van der Waals surface area (Å²) in [5.74, 6) is 1.23. The number of aromatic nitrogens is 2. The van der Waals surface area contributed by atoms with Gasteiger partial charge in [0.2, 0.25) is 5.91 Å². The molecule has 0 aliphatic heterocycles. The molecule has 0 radical (unpaired) electrons. The van der Waals surface area contributed by atoms with Crippen LogP contribution in [0.3, 0.4) is 0 Å². The predicted molar refractivity (Wildman–Crippen MR) is 110 cm³/mol. The second kappa shape index (κ2) is 8.28. The van der Waals surface area contributed by atoms with Crippen LogP contribution in [0.2, 0.25) is 0 Å². The maximum absolute atomic E-state index is 12.6. The van der Waals surface area contributed by atoms with Gasteiger partial charge in [-0.2, -0.15) is 5.26 Å². The Morgan fingerprint density at radius 3 is 2.48 bits per heavy atom. The number of nitrogens with zero attached hydrogens (tertiary/aromatic N) is 3. The summed E-state index contributed by atoms with van der Waals surface area (Å²) in [7, 11) is 0. The highest BCUT2D eigenvalue weighted by Crippen LogP contribution is 2.19. The molecule has 3 aromatic carbocycles. The van der Waals surface area contributed by atoms with E-state index in [-0.39, 0.29) is 19.1 Å². The molecule has 6 nitrogen and oxygen atoms in total. The standard InChI is InChI=1S/C23H18N4O2/c24-14-17-10-12-18(13-11-17)25-23(28)15-27-21-9-5-4-8-20(21)26-22(27)16-29-19-6-2-1-3-7-19/h1-13H,15-16H2,(H,25,28). The van der Waals surface area contributed by atoms with Crippen LogP contribution in [0.1, 0.15) is 11.4 Å². The summed E-state index contributed by atoms with van der Waals surface area (Å²) in [6.45, 7) is 0.358. The van der Waals surface area contributed by atoms with Gasteiger partial charge >= 0.3 is 0 Å². The molecule has 1 aromatic heterocycles. The Hall–Kier alpha value is -4.11. The first-order valence-corrected chi connectivity index (χ1v) is 9.15. The van der Waals surface area contributed by atoms with E-state index in [9.17, 15) is 4.79 Å². The second-order valence-corrected chi connectivity index (χ2v) is 6.44. The monoisotopic (exact) mass is 382 g/mol. The molecular weight excluding hydrogens is 364 g/mol. The predicted octanol–water partition coefficient (Wildman–Crippen LogP) is 4.13. The molecular formula is C23H18N4O2. The Bertz CT molecular complexity index is 1180. The summed E-state index contributed by atoms with van der Waals surface area (Å²) < 4.78 is 7.70. The number of nitriles is 1. The van der Waals surface area contributed by atoms with Crippen LogP contribution in [0.25, 0.3) is 11.0 Å². The molecule has 4 aromatic rings. The van der Waals surface area contributed by atoms with Crippen molar-refractivity contribution in [2.45, 2.75) is 13.2 Å². The highest BCUT2D eigenvalue weighted by atomic mass is 16.5. The maximum atomic E-state index is 12.6. The fourth-order valence-electron chi connectivity index (χ4n) is 3.05. The van der Waals surface area contributed by atoms with E-state index in [0.29, 0.717) is 17.1 Å². The Morgan fingerprint density at radius 2 is 1.72 bits per heavy atom. The van der Waals surface area contributed by atoms with Gasteiger partial charge in [0.05, 0.1) is 22.7 Å². The number of amides is 1. The normalized spacial score (nSPS) is 10.4. The van der Waals surface area contributed by atoms with Crippen molar-refractivity contribution in [3.8, 4) is 11.8 Å². The minimum atomic E-state index is -0.182. The number of nitrogens with one attached hydrogen (secondary N) is 1. The number of anilines is 1. The molecule has 0 saturated heterocycles. The molecule has 29 heavy (non-hydrogen) atoms. The highest BCUT2D eigenvalue weighted by molar-refractivity contribution is 5.91. The van der Waals surface area contributed by atoms with E-state index in [4.69, 9.17) is 10.00 Å². The lowest BCUT2D eigenvalue weighted by Crippen LogP contribution is -2.20. The smallest absolute Gasteiger partial charge is 0.244 e. The zero-order valence-corrected chi connectivity index (χ0v) is 15.6. The van der Waals surface area contributed by atoms with E-state index in [1.165, 1.54) is 0 Å². The molecule has 0 aliphatic rings. The minimum absolute atomic E-state index is 0.105. The van der Waals surface area contributed by atoms with E-state index in [0.717, 1.165) is 16.8 Å². The van der Waals surface area contributed by atoms with Crippen LogP contribution in [0.15, 0.2) is 78.9 Å². The molecule has 1 N–H and O–H groups in total. The third kappa shape index (κ3) is 4.25. The van der Waals surface area contributed by atoms with Crippen LogP contribution in [-0.4, -0.2) is 15.5 Å². The van der Waals surface area contributed by atoms with Crippen molar-refractivity contribution >= 4 is 22.6 Å². The Kier molecular flexibility index (Phi) is 5.21. The summed E-state index contributed by atoms with van der Waals surface area (Å²) in [5.41, 5.74) is 2.86. The number of para-hydroxylation sites is 3. The third-order valence-corrected chi connectivity index (χ3v) is 4.44. The summed E-state index contributed by atoms with van der Waals surface area (Å²) in [4.78, 5) is 17.3. The van der Waals surface area contributed by atoms with Gasteiger partial charge in [-0.15, -0.1) is 0 Å². The highest BCUT2D eigenvalue weighted by Gasteiger charge is 2.14. The van der Waals surface area contributed by atoms with Crippen molar-refractivity contribution in [3.05, 3.63) is 90.3 Å². The molecule has 0 saturated carbocycles. The summed E-state index contributed by atoms with van der Waals surface area (Å²) in [6, 6.07) is 26.0. The molecule has 0 unspecified atom stereocenters. The van der Waals surface area contributed by atoms with Crippen molar-refractivity contribution in [3.63, 3.8) is 0 Å². The number of carbonyl (C=O) groups is 1. The molecule has 0 spiro atoms. The van der Waals surface area contributed by atoms with Gasteiger partial charge in [-0.25, -0.2) is 4.98 Å². The van der Waals surface area contributed by atoms with Crippen LogP contribution in [0.4, 0.5) is 5.69 Å². The number of ether oxygens (including phenoxy) is 1. The summed E-state index contributed by atoms with van der Waals surface area (Å²) >= 11 is 0. The van der Waals surface area contributed by atoms with E-state index < -0.39 is 0 Å². The lowest BCUT2D eigenvalue weighted by Gasteiger charge is -2.11. The molecule has 1 amide bonds. The average molecular weight is 382 g/mol. The minimum Gasteiger partial charge on any atom is -0.486 e. The van der Waals surface area contributed by atoms with Gasteiger partial charge in [0, 0.05) is 5.69 Å². The number of rotatable bonds is 6. The molecule has 0 fully saturated rings. The first kappa shape index (κ1) is 18.3. The van der Waals surface area contributed by atoms with E-state index in [1.54, 1.807) is 24.3 Å².